The quantitative estimate of drug-likeness (QED) is 0.735. The Bertz CT molecular complexity index is 423. The molecule has 0 bridgehead atoms. The summed E-state index contributed by atoms with van der Waals surface area (Å²) < 4.78 is 1.91. The van der Waals surface area contributed by atoms with Gasteiger partial charge >= 0.3 is 0 Å². The van der Waals surface area contributed by atoms with Gasteiger partial charge in [0.05, 0.1) is 0 Å². The molecule has 2 aromatic heterocycles. The molecule has 2 heterocycles. The lowest BCUT2D eigenvalue weighted by Crippen LogP contribution is -1.91. The molecule has 13 heavy (non-hydrogen) atoms. The van der Waals surface area contributed by atoms with E-state index in [1.54, 1.807) is 11.8 Å². The highest BCUT2D eigenvalue weighted by atomic mass is 32.2. The van der Waals surface area contributed by atoms with Crippen molar-refractivity contribution in [2.24, 2.45) is 0 Å². The summed E-state index contributed by atoms with van der Waals surface area (Å²) in [5.41, 5.74) is 7.23. The lowest BCUT2D eigenvalue weighted by atomic mass is 10.4. The first-order valence-electron chi connectivity index (χ1n) is 4.04. The lowest BCUT2D eigenvalue weighted by molar-refractivity contribution is 0.923. The molecule has 4 nitrogen and oxygen atoms in total. The SMILES string of the molecule is CCSc1nnc2ccc(N)cn12. The van der Waals surface area contributed by atoms with Crippen LogP contribution in [0, 0.1) is 0 Å². The summed E-state index contributed by atoms with van der Waals surface area (Å²) in [6.45, 7) is 2.08. The zero-order valence-electron chi connectivity index (χ0n) is 7.27. The Morgan fingerprint density at radius 2 is 2.31 bits per heavy atom. The maximum atomic E-state index is 5.66. The van der Waals surface area contributed by atoms with Gasteiger partial charge < -0.3 is 5.73 Å². The molecule has 2 aromatic rings. The number of anilines is 1. The molecule has 0 radical (unpaired) electrons. The van der Waals surface area contributed by atoms with Crippen molar-refractivity contribution in [1.29, 1.82) is 0 Å². The van der Waals surface area contributed by atoms with Gasteiger partial charge in [-0.1, -0.05) is 18.7 Å². The summed E-state index contributed by atoms with van der Waals surface area (Å²) in [6.07, 6.45) is 1.84. The molecular weight excluding hydrogens is 184 g/mol. The first-order valence-corrected chi connectivity index (χ1v) is 5.03. The highest BCUT2D eigenvalue weighted by Gasteiger charge is 2.03. The molecule has 0 aliphatic carbocycles. The van der Waals surface area contributed by atoms with E-state index in [1.165, 1.54) is 0 Å². The zero-order chi connectivity index (χ0) is 9.26. The number of nitrogen functional groups attached to an aromatic ring is 1. The molecule has 2 N–H and O–H groups in total. The predicted octanol–water partition coefficient (Wildman–Crippen LogP) is 1.42. The van der Waals surface area contributed by atoms with Crippen LogP contribution in [0.1, 0.15) is 6.92 Å². The van der Waals surface area contributed by atoms with E-state index in [-0.39, 0.29) is 0 Å². The molecule has 0 fully saturated rings. The average molecular weight is 194 g/mol. The van der Waals surface area contributed by atoms with E-state index in [0.29, 0.717) is 0 Å². The normalized spacial score (nSPS) is 10.8. The molecule has 68 valence electrons. The number of fused-ring (bicyclic) bond motifs is 1. The Hall–Kier alpha value is -1.23. The van der Waals surface area contributed by atoms with Gasteiger partial charge in [0.1, 0.15) is 0 Å². The van der Waals surface area contributed by atoms with Crippen LogP contribution in [0.2, 0.25) is 0 Å². The molecule has 5 heteroatoms. The van der Waals surface area contributed by atoms with Crippen molar-refractivity contribution < 1.29 is 0 Å². The molecule has 0 aliphatic heterocycles. The second-order valence-electron chi connectivity index (χ2n) is 2.61. The molecule has 0 aromatic carbocycles. The molecule has 0 atom stereocenters. The third-order valence-corrected chi connectivity index (χ3v) is 2.49. The second-order valence-corrected chi connectivity index (χ2v) is 3.84. The summed E-state index contributed by atoms with van der Waals surface area (Å²) in [6, 6.07) is 3.69. The molecular formula is C8H10N4S. The van der Waals surface area contributed by atoms with E-state index in [9.17, 15) is 0 Å². The van der Waals surface area contributed by atoms with Crippen LogP contribution in [0.25, 0.3) is 5.65 Å². The molecule has 2 rings (SSSR count). The maximum Gasteiger partial charge on any atom is 0.195 e. The summed E-state index contributed by atoms with van der Waals surface area (Å²) >= 11 is 1.65. The van der Waals surface area contributed by atoms with Crippen molar-refractivity contribution in [1.82, 2.24) is 14.6 Å². The number of hydrogen-bond acceptors (Lipinski definition) is 4. The van der Waals surface area contributed by atoms with Gasteiger partial charge in [-0.05, 0) is 17.9 Å². The number of aromatic nitrogens is 3. The van der Waals surface area contributed by atoms with Gasteiger partial charge in [0.15, 0.2) is 10.8 Å². The Balaban J connectivity index is 2.58. The highest BCUT2D eigenvalue weighted by Crippen LogP contribution is 2.17. The van der Waals surface area contributed by atoms with Gasteiger partial charge in [0.25, 0.3) is 0 Å². The van der Waals surface area contributed by atoms with Gasteiger partial charge in [-0.3, -0.25) is 4.40 Å². The van der Waals surface area contributed by atoms with Crippen LogP contribution in [-0.4, -0.2) is 20.4 Å². The van der Waals surface area contributed by atoms with Crippen molar-refractivity contribution in [2.45, 2.75) is 12.1 Å². The maximum absolute atomic E-state index is 5.66. The molecule has 0 saturated carbocycles. The molecule has 0 saturated heterocycles. The monoisotopic (exact) mass is 194 g/mol. The van der Waals surface area contributed by atoms with Gasteiger partial charge in [0.2, 0.25) is 0 Å². The highest BCUT2D eigenvalue weighted by molar-refractivity contribution is 7.99. The molecule has 0 unspecified atom stereocenters. The topological polar surface area (TPSA) is 56.2 Å². The van der Waals surface area contributed by atoms with Gasteiger partial charge in [-0.15, -0.1) is 10.2 Å². The number of rotatable bonds is 2. The Labute approximate surface area is 80.2 Å². The van der Waals surface area contributed by atoms with E-state index in [2.05, 4.69) is 17.1 Å². The summed E-state index contributed by atoms with van der Waals surface area (Å²) in [5, 5.41) is 8.95. The Morgan fingerprint density at radius 3 is 3.08 bits per heavy atom. The first-order chi connectivity index (χ1) is 6.31. The Morgan fingerprint density at radius 1 is 1.46 bits per heavy atom. The van der Waals surface area contributed by atoms with E-state index < -0.39 is 0 Å². The minimum Gasteiger partial charge on any atom is -0.398 e. The van der Waals surface area contributed by atoms with Gasteiger partial charge in [0, 0.05) is 11.9 Å². The fourth-order valence-electron chi connectivity index (χ4n) is 1.11. The predicted molar refractivity (Wildman–Crippen MR) is 53.8 cm³/mol. The number of nitrogens with two attached hydrogens (primary N) is 1. The zero-order valence-corrected chi connectivity index (χ0v) is 8.08. The van der Waals surface area contributed by atoms with Gasteiger partial charge in [-0.2, -0.15) is 0 Å². The third-order valence-electron chi connectivity index (χ3n) is 1.67. The Kier molecular flexibility index (Phi) is 2.10. The van der Waals surface area contributed by atoms with E-state index >= 15 is 0 Å². The van der Waals surface area contributed by atoms with Crippen LogP contribution in [0.15, 0.2) is 23.5 Å². The number of pyridine rings is 1. The van der Waals surface area contributed by atoms with Crippen molar-refractivity contribution in [3.8, 4) is 0 Å². The number of hydrogen-bond donors (Lipinski definition) is 1. The third kappa shape index (κ3) is 1.47. The van der Waals surface area contributed by atoms with E-state index in [1.807, 2.05) is 22.7 Å². The van der Waals surface area contributed by atoms with Crippen LogP contribution in [0.3, 0.4) is 0 Å². The fraction of sp³-hybridized carbons (Fsp3) is 0.250. The number of thioether (sulfide) groups is 1. The molecule has 0 aliphatic rings. The molecule has 0 spiro atoms. The lowest BCUT2D eigenvalue weighted by Gasteiger charge is -1.97. The van der Waals surface area contributed by atoms with Crippen LogP contribution < -0.4 is 5.73 Å². The summed E-state index contributed by atoms with van der Waals surface area (Å²) in [4.78, 5) is 0. The van der Waals surface area contributed by atoms with Crippen molar-refractivity contribution >= 4 is 23.1 Å². The summed E-state index contributed by atoms with van der Waals surface area (Å²) in [5.74, 6) is 0.982. The van der Waals surface area contributed by atoms with Crippen molar-refractivity contribution in [2.75, 3.05) is 11.5 Å². The van der Waals surface area contributed by atoms with Crippen LogP contribution in [0.5, 0.6) is 0 Å². The van der Waals surface area contributed by atoms with E-state index in [4.69, 9.17) is 5.73 Å². The minimum absolute atomic E-state index is 0.727. The summed E-state index contributed by atoms with van der Waals surface area (Å²) in [7, 11) is 0. The average Bonchev–Trinajstić information content (AvgIpc) is 2.49. The van der Waals surface area contributed by atoms with Crippen molar-refractivity contribution in [3.63, 3.8) is 0 Å². The second kappa shape index (κ2) is 3.26. The van der Waals surface area contributed by atoms with Crippen LogP contribution in [-0.2, 0) is 0 Å². The van der Waals surface area contributed by atoms with Crippen LogP contribution in [0.4, 0.5) is 5.69 Å². The van der Waals surface area contributed by atoms with Crippen LogP contribution >= 0.6 is 11.8 Å². The standard InChI is InChI=1S/C8H10N4S/c1-2-13-8-11-10-7-4-3-6(9)5-12(7)8/h3-5H,2,9H2,1H3. The first kappa shape index (κ1) is 8.37. The molecule has 0 amide bonds. The largest absolute Gasteiger partial charge is 0.398 e. The minimum atomic E-state index is 0.727. The smallest absolute Gasteiger partial charge is 0.195 e. The van der Waals surface area contributed by atoms with Crippen molar-refractivity contribution in [3.05, 3.63) is 18.3 Å². The van der Waals surface area contributed by atoms with Gasteiger partial charge in [-0.25, -0.2) is 0 Å². The van der Waals surface area contributed by atoms with E-state index in [0.717, 1.165) is 22.2 Å². The fourth-order valence-corrected chi connectivity index (χ4v) is 1.76. The number of nitrogens with zero attached hydrogens (tertiary/aromatic N) is 3.